The topological polar surface area (TPSA) is 162 Å². The zero-order valence-electron chi connectivity index (χ0n) is 26.3. The fraction of sp³-hybridized carbons (Fsp3) is 0.290. The predicted molar refractivity (Wildman–Crippen MR) is 164 cm³/mol. The van der Waals surface area contributed by atoms with Crippen LogP contribution in [0.2, 0.25) is 0 Å². The highest BCUT2D eigenvalue weighted by atomic mass is 32.1. The summed E-state index contributed by atoms with van der Waals surface area (Å²) in [7, 11) is 1.30. The summed E-state index contributed by atoms with van der Waals surface area (Å²) in [6, 6.07) is 9.74. The number of nitrogens with zero attached hydrogens (tertiary/aromatic N) is 4. The van der Waals surface area contributed by atoms with Crippen LogP contribution in [0, 0.1) is 20.8 Å². The number of carboxylic acid groups (broad SMARTS) is 2. The summed E-state index contributed by atoms with van der Waals surface area (Å²) in [4.78, 5) is 38.1. The van der Waals surface area contributed by atoms with Crippen molar-refractivity contribution in [2.24, 2.45) is 4.99 Å². The number of aromatic nitrogens is 3. The van der Waals surface area contributed by atoms with E-state index in [1.165, 1.54) is 19.2 Å². The van der Waals surface area contributed by atoms with Crippen molar-refractivity contribution < 1.29 is 65.1 Å². The van der Waals surface area contributed by atoms with Gasteiger partial charge in [-0.3, -0.25) is 14.4 Å². The summed E-state index contributed by atoms with van der Waals surface area (Å²) in [6.07, 6.45) is -10.1. The zero-order valence-corrected chi connectivity index (χ0v) is 27.2. The van der Waals surface area contributed by atoms with Gasteiger partial charge in [-0.05, 0) is 44.0 Å². The molecule has 266 valence electrons. The van der Waals surface area contributed by atoms with Crippen LogP contribution in [-0.2, 0) is 19.1 Å². The van der Waals surface area contributed by atoms with Gasteiger partial charge in [0, 0.05) is 27.6 Å². The Bertz CT molecular complexity index is 1950. The number of carboxylic acids is 2. The van der Waals surface area contributed by atoms with Crippen molar-refractivity contribution in [3.05, 3.63) is 75.7 Å². The van der Waals surface area contributed by atoms with Crippen molar-refractivity contribution >= 4 is 35.0 Å². The van der Waals surface area contributed by atoms with E-state index in [2.05, 4.69) is 14.9 Å². The zero-order chi connectivity index (χ0) is 37.1. The van der Waals surface area contributed by atoms with Crippen molar-refractivity contribution in [1.82, 2.24) is 14.8 Å². The van der Waals surface area contributed by atoms with Crippen LogP contribution in [0.25, 0.3) is 16.1 Å². The smallest absolute Gasteiger partial charge is 0.482 e. The van der Waals surface area contributed by atoms with Crippen LogP contribution in [0.5, 0.6) is 11.5 Å². The third kappa shape index (κ3) is 8.57. The van der Waals surface area contributed by atoms with E-state index in [1.807, 2.05) is 25.3 Å². The number of ether oxygens (including phenoxy) is 3. The van der Waals surface area contributed by atoms with Gasteiger partial charge in [-0.2, -0.15) is 13.2 Å². The highest BCUT2D eigenvalue weighted by molar-refractivity contribution is 7.15. The molecule has 3 heterocycles. The molecule has 1 atom stereocenters. The van der Waals surface area contributed by atoms with Crippen molar-refractivity contribution in [2.45, 2.75) is 45.8 Å². The average Bonchev–Trinajstić information content (AvgIpc) is 3.50. The van der Waals surface area contributed by atoms with Gasteiger partial charge in [0.05, 0.1) is 19.2 Å². The molecule has 12 nitrogen and oxygen atoms in total. The first-order chi connectivity index (χ1) is 23.3. The molecule has 0 fully saturated rings. The highest BCUT2D eigenvalue weighted by Crippen LogP contribution is 2.41. The number of aliphatic carboxylic acids is 2. The Balaban J connectivity index is 0.000000727. The van der Waals surface area contributed by atoms with Gasteiger partial charge in [-0.15, -0.1) is 34.7 Å². The Kier molecular flexibility index (Phi) is 10.9. The van der Waals surface area contributed by atoms with E-state index in [1.54, 1.807) is 35.6 Å². The number of methoxy groups -OCH3 is 1. The van der Waals surface area contributed by atoms with E-state index >= 15 is 0 Å². The molecule has 0 radical (unpaired) electrons. The second-order valence-corrected chi connectivity index (χ2v) is 11.6. The Labute approximate surface area is 282 Å². The Hall–Kier alpha value is -5.46. The first-order valence-corrected chi connectivity index (χ1v) is 14.9. The molecule has 0 saturated carbocycles. The quantitative estimate of drug-likeness (QED) is 0.154. The van der Waals surface area contributed by atoms with Crippen molar-refractivity contribution in [3.63, 3.8) is 0 Å². The Morgan fingerprint density at radius 2 is 1.56 bits per heavy atom. The Morgan fingerprint density at radius 1 is 0.940 bits per heavy atom. The fourth-order valence-electron chi connectivity index (χ4n) is 4.76. The van der Waals surface area contributed by atoms with Crippen LogP contribution in [0.4, 0.5) is 26.3 Å². The van der Waals surface area contributed by atoms with E-state index in [4.69, 9.17) is 29.5 Å². The molecule has 0 bridgehead atoms. The highest BCUT2D eigenvalue weighted by Gasteiger charge is 2.38. The summed E-state index contributed by atoms with van der Waals surface area (Å²) in [5.74, 6) is -4.02. The maximum atomic E-state index is 13.3. The number of hydrogen-bond donors (Lipinski definition) is 2. The molecule has 4 aromatic rings. The summed E-state index contributed by atoms with van der Waals surface area (Å²) >= 11 is 1.55. The second kappa shape index (κ2) is 14.6. The summed E-state index contributed by atoms with van der Waals surface area (Å²) < 4.78 is 87.6. The third-order valence-corrected chi connectivity index (χ3v) is 8.27. The molecule has 0 unspecified atom stereocenters. The molecule has 5 rings (SSSR count). The van der Waals surface area contributed by atoms with Gasteiger partial charge in [-0.1, -0.05) is 24.3 Å². The lowest BCUT2D eigenvalue weighted by Gasteiger charge is -2.16. The lowest BCUT2D eigenvalue weighted by molar-refractivity contribution is -0.274. The molecule has 1 aliphatic heterocycles. The van der Waals surface area contributed by atoms with Crippen LogP contribution in [-0.4, -0.2) is 74.9 Å². The minimum atomic E-state index is -5.08. The molecule has 0 amide bonds. The molecule has 19 heteroatoms. The largest absolute Gasteiger partial charge is 0.573 e. The van der Waals surface area contributed by atoms with Gasteiger partial charge >= 0.3 is 30.4 Å². The van der Waals surface area contributed by atoms with E-state index < -0.39 is 48.8 Å². The first-order valence-electron chi connectivity index (χ1n) is 14.1. The molecule has 50 heavy (non-hydrogen) atoms. The number of carbonyl (C=O) groups is 3. The average molecular weight is 729 g/mol. The van der Waals surface area contributed by atoms with Crippen molar-refractivity contribution in [1.29, 1.82) is 0 Å². The van der Waals surface area contributed by atoms with E-state index in [0.29, 0.717) is 28.5 Å². The number of halogens is 6. The van der Waals surface area contributed by atoms with E-state index in [0.717, 1.165) is 27.1 Å². The van der Waals surface area contributed by atoms with E-state index in [-0.39, 0.29) is 17.7 Å². The molecule has 2 aromatic carbocycles. The number of carbonyl (C=O) groups excluding carboxylic acids is 1. The number of hydrogen-bond acceptors (Lipinski definition) is 10. The number of benzene rings is 2. The van der Waals surface area contributed by atoms with Gasteiger partial charge in [0.1, 0.15) is 28.4 Å². The van der Waals surface area contributed by atoms with Crippen molar-refractivity contribution in [2.75, 3.05) is 13.7 Å². The van der Waals surface area contributed by atoms with Crippen LogP contribution >= 0.6 is 11.3 Å². The van der Waals surface area contributed by atoms with Crippen LogP contribution in [0.3, 0.4) is 0 Å². The van der Waals surface area contributed by atoms with Crippen LogP contribution in [0.15, 0.2) is 47.5 Å². The number of aryl methyl sites for hydroxylation is 2. The number of esters is 1. The summed E-state index contributed by atoms with van der Waals surface area (Å²) in [5.41, 5.74) is 3.59. The lowest BCUT2D eigenvalue weighted by atomic mass is 9.96. The summed E-state index contributed by atoms with van der Waals surface area (Å²) in [5, 5.41) is 25.4. The monoisotopic (exact) mass is 728 g/mol. The maximum Gasteiger partial charge on any atom is 0.573 e. The molecule has 1 aliphatic rings. The first kappa shape index (κ1) is 37.4. The maximum absolute atomic E-state index is 13.3. The van der Waals surface area contributed by atoms with Gasteiger partial charge in [0.25, 0.3) is 0 Å². The number of aliphatic imine (C=N–C) groups is 1. The predicted octanol–water partition coefficient (Wildman–Crippen LogP) is 6.37. The fourth-order valence-corrected chi connectivity index (χ4v) is 5.97. The van der Waals surface area contributed by atoms with Crippen LogP contribution in [0.1, 0.15) is 45.7 Å². The van der Waals surface area contributed by atoms with Gasteiger partial charge < -0.3 is 24.4 Å². The normalized spacial score (nSPS) is 13.9. The van der Waals surface area contributed by atoms with Crippen molar-refractivity contribution in [3.8, 4) is 27.6 Å². The number of rotatable bonds is 8. The SMILES string of the molecule is COC(=O)C[C@@H]1N=C(c2ccc(-c3ccc(OCC(=O)O)cc3OC(F)(F)F)cc2)c2c(sc(C)c2C)-n2c(C)nnc21.O=C(O)C(F)(F)F. The molecular formula is C31H26F6N4O8S. The molecule has 2 N–H and O–H groups in total. The lowest BCUT2D eigenvalue weighted by Crippen LogP contribution is -2.21. The molecule has 0 spiro atoms. The van der Waals surface area contributed by atoms with Gasteiger partial charge in [0.15, 0.2) is 12.4 Å². The van der Waals surface area contributed by atoms with E-state index in [9.17, 15) is 35.9 Å². The summed E-state index contributed by atoms with van der Waals surface area (Å²) in [6.45, 7) is 5.06. The minimum absolute atomic E-state index is 0.0718. The number of fused-ring (bicyclic) bond motifs is 3. The Morgan fingerprint density at radius 3 is 2.12 bits per heavy atom. The molecule has 0 aliphatic carbocycles. The van der Waals surface area contributed by atoms with Gasteiger partial charge in [-0.25, -0.2) is 9.59 Å². The van der Waals surface area contributed by atoms with Crippen LogP contribution < -0.4 is 9.47 Å². The molecule has 2 aromatic heterocycles. The second-order valence-electron chi connectivity index (χ2n) is 10.4. The minimum Gasteiger partial charge on any atom is -0.482 e. The molecule has 0 saturated heterocycles. The number of alkyl halides is 6. The number of thiophene rings is 1. The third-order valence-electron chi connectivity index (χ3n) is 7.08. The standard InChI is InChI=1S/C29H25F3N4O6S.C2HF3O2/c1-14-15(2)43-28-25(14)26(33-21(12-24(39)40-4)27-35-34-16(3)36(27)28)18-7-5-17(6-8-18)20-10-9-19(41-13-23(37)38)11-22(20)42-29(30,31)32;3-2(4,5)1(6)7/h5-11,21H,12-13H2,1-4H3,(H,37,38);(H,6,7)/t21-;/m0./s1. The molecular weight excluding hydrogens is 702 g/mol. The van der Waals surface area contributed by atoms with Gasteiger partial charge in [0.2, 0.25) is 0 Å².